The van der Waals surface area contributed by atoms with Crippen LogP contribution in [0.15, 0.2) is 188 Å². The van der Waals surface area contributed by atoms with Crippen LogP contribution in [-0.2, 0) is 0 Å². The number of benzene rings is 7. The molecule has 3 aromatic heterocycles. The van der Waals surface area contributed by atoms with Crippen molar-refractivity contribution in [1.82, 2.24) is 14.5 Å². The molecular weight excluding hydrogens is 619 g/mol. The highest BCUT2D eigenvalue weighted by molar-refractivity contribution is 6.22. The van der Waals surface area contributed by atoms with Crippen LogP contribution in [0.5, 0.6) is 0 Å². The molecule has 0 fully saturated rings. The number of fused-ring (bicyclic) bond motifs is 5. The van der Waals surface area contributed by atoms with E-state index in [4.69, 9.17) is 4.98 Å². The maximum atomic E-state index is 5.29. The smallest absolute Gasteiger partial charge is 0.0710 e. The van der Waals surface area contributed by atoms with Gasteiger partial charge in [0.15, 0.2) is 0 Å². The van der Waals surface area contributed by atoms with Crippen LogP contribution in [0.2, 0.25) is 0 Å². The Bertz CT molecular complexity index is 2850. The Hall–Kier alpha value is -6.84. The Balaban J connectivity index is 1.15. The Morgan fingerprint density at radius 2 is 0.902 bits per heavy atom. The fourth-order valence-electron chi connectivity index (χ4n) is 7.82. The van der Waals surface area contributed by atoms with Crippen molar-refractivity contribution in [3.05, 3.63) is 188 Å². The molecule has 10 rings (SSSR count). The molecule has 0 atom stereocenters. The minimum atomic E-state index is 0.934. The maximum Gasteiger partial charge on any atom is 0.0710 e. The van der Waals surface area contributed by atoms with E-state index in [0.29, 0.717) is 0 Å². The van der Waals surface area contributed by atoms with E-state index >= 15 is 0 Å². The first-order chi connectivity index (χ1) is 25.3. The summed E-state index contributed by atoms with van der Waals surface area (Å²) >= 11 is 0. The van der Waals surface area contributed by atoms with Crippen molar-refractivity contribution in [3.63, 3.8) is 0 Å². The summed E-state index contributed by atoms with van der Waals surface area (Å²) in [5.74, 6) is 0. The van der Waals surface area contributed by atoms with E-state index < -0.39 is 0 Å². The molecule has 0 saturated carbocycles. The van der Waals surface area contributed by atoms with Gasteiger partial charge < -0.3 is 4.57 Å². The molecule has 3 nitrogen and oxygen atoms in total. The second-order valence-electron chi connectivity index (χ2n) is 13.0. The molecule has 0 aliphatic rings. The van der Waals surface area contributed by atoms with Gasteiger partial charge in [-0.3, -0.25) is 4.98 Å². The number of para-hydroxylation sites is 1. The number of hydrogen-bond donors (Lipinski definition) is 0. The number of pyridine rings is 2. The first-order valence-electron chi connectivity index (χ1n) is 17.3. The Kier molecular flexibility index (Phi) is 6.81. The van der Waals surface area contributed by atoms with Gasteiger partial charge in [0.25, 0.3) is 0 Å². The van der Waals surface area contributed by atoms with Crippen LogP contribution in [0.4, 0.5) is 0 Å². The lowest BCUT2D eigenvalue weighted by Crippen LogP contribution is -1.95. The summed E-state index contributed by atoms with van der Waals surface area (Å²) in [7, 11) is 0. The van der Waals surface area contributed by atoms with Gasteiger partial charge in [0.1, 0.15) is 0 Å². The molecule has 0 aliphatic carbocycles. The van der Waals surface area contributed by atoms with Gasteiger partial charge in [0, 0.05) is 40.0 Å². The van der Waals surface area contributed by atoms with Gasteiger partial charge in [-0.05, 0) is 86.3 Å². The molecule has 3 heterocycles. The van der Waals surface area contributed by atoms with Crippen molar-refractivity contribution in [1.29, 1.82) is 0 Å². The van der Waals surface area contributed by atoms with Gasteiger partial charge in [0.2, 0.25) is 0 Å². The summed E-state index contributed by atoms with van der Waals surface area (Å²) in [6.45, 7) is 0. The van der Waals surface area contributed by atoms with Crippen LogP contribution >= 0.6 is 0 Å². The van der Waals surface area contributed by atoms with Crippen LogP contribution in [-0.4, -0.2) is 14.5 Å². The zero-order valence-electron chi connectivity index (χ0n) is 27.7. The van der Waals surface area contributed by atoms with Gasteiger partial charge in [0.05, 0.1) is 22.4 Å². The SMILES string of the molecule is c1ccc(-c2c3ccccc3c(-c3ccccc3)c3cc(-c4cccc(-c5cccc(-n6c7ccccc7c7cnccc76)c5)n4)ccc23)cc1. The molecule has 0 aliphatic heterocycles. The average Bonchev–Trinajstić information content (AvgIpc) is 3.55. The summed E-state index contributed by atoms with van der Waals surface area (Å²) in [5, 5.41) is 7.28. The van der Waals surface area contributed by atoms with Crippen LogP contribution in [0.3, 0.4) is 0 Å². The molecule has 10 aromatic rings. The van der Waals surface area contributed by atoms with E-state index in [1.165, 1.54) is 49.2 Å². The minimum Gasteiger partial charge on any atom is -0.309 e. The van der Waals surface area contributed by atoms with Crippen molar-refractivity contribution in [2.24, 2.45) is 0 Å². The lowest BCUT2D eigenvalue weighted by Gasteiger charge is -2.18. The highest BCUT2D eigenvalue weighted by Crippen LogP contribution is 2.44. The number of hydrogen-bond acceptors (Lipinski definition) is 2. The second kappa shape index (κ2) is 11.9. The third-order valence-corrected chi connectivity index (χ3v) is 10.1. The van der Waals surface area contributed by atoms with E-state index in [0.717, 1.165) is 44.6 Å². The summed E-state index contributed by atoms with van der Waals surface area (Å²) in [5.41, 5.74) is 12.3. The lowest BCUT2D eigenvalue weighted by atomic mass is 9.85. The largest absolute Gasteiger partial charge is 0.309 e. The fourth-order valence-corrected chi connectivity index (χ4v) is 7.82. The summed E-state index contributed by atoms with van der Waals surface area (Å²) in [6.07, 6.45) is 3.83. The molecule has 7 aromatic carbocycles. The van der Waals surface area contributed by atoms with Gasteiger partial charge in [-0.1, -0.05) is 133 Å². The molecule has 238 valence electrons. The van der Waals surface area contributed by atoms with Crippen molar-refractivity contribution in [2.45, 2.75) is 0 Å². The predicted molar refractivity (Wildman–Crippen MR) is 213 cm³/mol. The van der Waals surface area contributed by atoms with Crippen LogP contribution in [0, 0.1) is 0 Å². The van der Waals surface area contributed by atoms with E-state index in [2.05, 4.69) is 185 Å². The normalized spacial score (nSPS) is 11.5. The van der Waals surface area contributed by atoms with Crippen molar-refractivity contribution in [3.8, 4) is 50.5 Å². The minimum absolute atomic E-state index is 0.934. The molecule has 0 saturated heterocycles. The number of nitrogens with zero attached hydrogens (tertiary/aromatic N) is 3. The molecule has 51 heavy (non-hydrogen) atoms. The Morgan fingerprint density at radius 3 is 1.63 bits per heavy atom. The van der Waals surface area contributed by atoms with E-state index in [-0.39, 0.29) is 0 Å². The van der Waals surface area contributed by atoms with E-state index in [1.807, 2.05) is 12.4 Å². The topological polar surface area (TPSA) is 30.7 Å². The molecule has 0 spiro atoms. The Labute approximate surface area is 295 Å². The zero-order valence-corrected chi connectivity index (χ0v) is 27.7. The molecule has 0 unspecified atom stereocenters. The number of rotatable bonds is 5. The Morgan fingerprint density at radius 1 is 0.353 bits per heavy atom. The standard InChI is InChI=1S/C48H31N3/c1-3-13-32(14-4-1)47-38-20-7-8-21-39(38)48(33-15-5-2-6-16-33)41-30-35(25-26-40(41)47)44-23-12-22-43(50-44)34-17-11-18-36(29-34)51-45-24-10-9-19-37(45)42-31-49-28-27-46(42)51/h1-31H. The quantitative estimate of drug-likeness (QED) is 0.174. The summed E-state index contributed by atoms with van der Waals surface area (Å²) in [4.78, 5) is 9.72. The van der Waals surface area contributed by atoms with Gasteiger partial charge >= 0.3 is 0 Å². The second-order valence-corrected chi connectivity index (χ2v) is 13.0. The molecule has 0 N–H and O–H groups in total. The van der Waals surface area contributed by atoms with Crippen molar-refractivity contribution >= 4 is 43.4 Å². The first-order valence-corrected chi connectivity index (χ1v) is 17.3. The molecular formula is C48H31N3. The number of aromatic nitrogens is 3. The summed E-state index contributed by atoms with van der Waals surface area (Å²) in [6, 6.07) is 62.9. The van der Waals surface area contributed by atoms with Gasteiger partial charge in [-0.15, -0.1) is 0 Å². The molecule has 0 bridgehead atoms. The molecule has 0 amide bonds. The fraction of sp³-hybridized carbons (Fsp3) is 0. The molecule has 0 radical (unpaired) electrons. The maximum absolute atomic E-state index is 5.29. The van der Waals surface area contributed by atoms with Gasteiger partial charge in [-0.2, -0.15) is 0 Å². The highest BCUT2D eigenvalue weighted by atomic mass is 15.0. The van der Waals surface area contributed by atoms with E-state index in [9.17, 15) is 0 Å². The zero-order chi connectivity index (χ0) is 33.7. The third-order valence-electron chi connectivity index (χ3n) is 10.1. The van der Waals surface area contributed by atoms with Crippen LogP contribution in [0.1, 0.15) is 0 Å². The van der Waals surface area contributed by atoms with Crippen molar-refractivity contribution < 1.29 is 0 Å². The van der Waals surface area contributed by atoms with E-state index in [1.54, 1.807) is 0 Å². The third kappa shape index (κ3) is 4.82. The average molecular weight is 650 g/mol. The predicted octanol–water partition coefficient (Wildman–Crippen LogP) is 12.5. The molecule has 3 heteroatoms. The van der Waals surface area contributed by atoms with Crippen molar-refractivity contribution in [2.75, 3.05) is 0 Å². The van der Waals surface area contributed by atoms with Crippen LogP contribution < -0.4 is 0 Å². The van der Waals surface area contributed by atoms with Gasteiger partial charge in [-0.25, -0.2) is 4.98 Å². The summed E-state index contributed by atoms with van der Waals surface area (Å²) < 4.78 is 2.32. The van der Waals surface area contributed by atoms with Crippen LogP contribution in [0.25, 0.3) is 93.8 Å². The monoisotopic (exact) mass is 649 g/mol. The lowest BCUT2D eigenvalue weighted by molar-refractivity contribution is 1.17. The first kappa shape index (κ1) is 29.1. The highest BCUT2D eigenvalue weighted by Gasteiger charge is 2.18.